The van der Waals surface area contributed by atoms with Gasteiger partial charge in [-0.25, -0.2) is 0 Å². The first-order chi connectivity index (χ1) is 14.6. The third-order valence-corrected chi connectivity index (χ3v) is 5.99. The molecule has 0 bridgehead atoms. The van der Waals surface area contributed by atoms with Gasteiger partial charge in [-0.1, -0.05) is 43.8 Å². The Hall–Kier alpha value is -2.83. The number of nitrogens with one attached hydrogen (secondary N) is 4. The summed E-state index contributed by atoms with van der Waals surface area (Å²) in [6, 6.07) is 14.6. The number of thioether (sulfide) groups is 1. The number of hydrogen-bond acceptors (Lipinski definition) is 6. The number of anilines is 2. The Morgan fingerprint density at radius 2 is 2.03 bits per heavy atom. The van der Waals surface area contributed by atoms with Crippen molar-refractivity contribution >= 4 is 28.8 Å². The molecule has 2 aromatic rings. The van der Waals surface area contributed by atoms with Crippen LogP contribution in [0.25, 0.3) is 5.70 Å². The number of benzene rings is 2. The molecule has 1 atom stereocenters. The highest BCUT2D eigenvalue weighted by atomic mass is 32.2. The Balaban J connectivity index is 1.62. The predicted molar refractivity (Wildman–Crippen MR) is 132 cm³/mol. The Kier molecular flexibility index (Phi) is 7.88. The molecule has 2 aromatic carbocycles. The number of dihydropyridines is 1. The van der Waals surface area contributed by atoms with E-state index in [0.717, 1.165) is 52.6 Å². The number of nitrogens with two attached hydrogens (primary N) is 1. The van der Waals surface area contributed by atoms with Gasteiger partial charge >= 0.3 is 0 Å². The number of rotatable bonds is 10. The van der Waals surface area contributed by atoms with E-state index in [1.807, 2.05) is 43.1 Å². The summed E-state index contributed by atoms with van der Waals surface area (Å²) in [5, 5.41) is 10.5. The zero-order chi connectivity index (χ0) is 21.3. The average Bonchev–Trinajstić information content (AvgIpc) is 2.77. The van der Waals surface area contributed by atoms with E-state index in [9.17, 15) is 0 Å². The van der Waals surface area contributed by atoms with Crippen molar-refractivity contribution in [2.45, 2.75) is 31.4 Å². The van der Waals surface area contributed by atoms with E-state index < -0.39 is 0 Å². The van der Waals surface area contributed by atoms with E-state index in [2.05, 4.69) is 71.3 Å². The fraction of sp³-hybridized carbons (Fsp3) is 0.250. The largest absolute Gasteiger partial charge is 0.385 e. The Labute approximate surface area is 183 Å². The first-order valence-corrected chi connectivity index (χ1v) is 11.3. The smallest absolute Gasteiger partial charge is 0.0931 e. The highest BCUT2D eigenvalue weighted by Gasteiger charge is 2.12. The number of allylic oxidation sites excluding steroid dienone is 1. The van der Waals surface area contributed by atoms with E-state index in [4.69, 9.17) is 5.84 Å². The van der Waals surface area contributed by atoms with Crippen LogP contribution in [-0.4, -0.2) is 11.9 Å². The molecule has 1 aliphatic heterocycles. The maximum Gasteiger partial charge on any atom is 0.0931 e. The van der Waals surface area contributed by atoms with Gasteiger partial charge in [0.05, 0.1) is 11.1 Å². The van der Waals surface area contributed by atoms with E-state index in [1.54, 1.807) is 0 Å². The van der Waals surface area contributed by atoms with Crippen LogP contribution in [-0.2, 0) is 5.75 Å². The van der Waals surface area contributed by atoms with Crippen molar-refractivity contribution in [3.8, 4) is 0 Å². The summed E-state index contributed by atoms with van der Waals surface area (Å²) in [5.74, 6) is 6.48. The molecule has 0 spiro atoms. The van der Waals surface area contributed by atoms with Crippen LogP contribution in [0.15, 0.2) is 73.1 Å². The van der Waals surface area contributed by atoms with E-state index in [-0.39, 0.29) is 5.37 Å². The summed E-state index contributed by atoms with van der Waals surface area (Å²) in [6.07, 6.45) is 7.29. The van der Waals surface area contributed by atoms with Crippen molar-refractivity contribution in [2.24, 2.45) is 5.84 Å². The minimum absolute atomic E-state index is 0.175. The molecule has 0 radical (unpaired) electrons. The van der Waals surface area contributed by atoms with E-state index in [0.29, 0.717) is 0 Å². The second-order valence-electron chi connectivity index (χ2n) is 7.22. The number of hydrogen-bond donors (Lipinski definition) is 5. The molecule has 0 aliphatic carbocycles. The molecule has 6 heteroatoms. The third kappa shape index (κ3) is 5.84. The lowest BCUT2D eigenvalue weighted by Gasteiger charge is -2.21. The molecule has 0 aromatic heterocycles. The second-order valence-corrected chi connectivity index (χ2v) is 8.35. The summed E-state index contributed by atoms with van der Waals surface area (Å²) in [5.41, 5.74) is 10.2. The summed E-state index contributed by atoms with van der Waals surface area (Å²) in [4.78, 5) is 0. The maximum atomic E-state index is 5.60. The molecular formula is C24H31N5S. The lowest BCUT2D eigenvalue weighted by molar-refractivity contribution is 0.882. The van der Waals surface area contributed by atoms with Crippen LogP contribution in [0, 0.1) is 6.92 Å². The summed E-state index contributed by atoms with van der Waals surface area (Å²) < 4.78 is 0. The van der Waals surface area contributed by atoms with Gasteiger partial charge in [0, 0.05) is 34.9 Å². The van der Waals surface area contributed by atoms with Gasteiger partial charge in [0.2, 0.25) is 0 Å². The Morgan fingerprint density at radius 3 is 2.83 bits per heavy atom. The minimum atomic E-state index is 0.175. The van der Waals surface area contributed by atoms with Crippen LogP contribution in [0.5, 0.6) is 0 Å². The van der Waals surface area contributed by atoms with E-state index in [1.165, 1.54) is 5.56 Å². The summed E-state index contributed by atoms with van der Waals surface area (Å²) in [6.45, 7) is 9.41. The average molecular weight is 422 g/mol. The van der Waals surface area contributed by atoms with Crippen molar-refractivity contribution in [3.05, 3.63) is 89.8 Å². The molecule has 6 N–H and O–H groups in total. The monoisotopic (exact) mass is 421 g/mol. The summed E-state index contributed by atoms with van der Waals surface area (Å²) in [7, 11) is 0. The molecule has 0 saturated heterocycles. The van der Waals surface area contributed by atoms with Gasteiger partial charge in [-0.15, -0.1) is 11.8 Å². The van der Waals surface area contributed by atoms with Gasteiger partial charge in [-0.05, 0) is 55.0 Å². The van der Waals surface area contributed by atoms with E-state index >= 15 is 0 Å². The molecule has 3 rings (SSSR count). The van der Waals surface area contributed by atoms with Gasteiger partial charge in [0.15, 0.2) is 0 Å². The van der Waals surface area contributed by atoms with Gasteiger partial charge in [-0.3, -0.25) is 5.84 Å². The minimum Gasteiger partial charge on any atom is -0.385 e. The zero-order valence-corrected chi connectivity index (χ0v) is 18.5. The molecule has 1 heterocycles. The number of nitrogen functional groups attached to an aromatic ring is 1. The first-order valence-electron chi connectivity index (χ1n) is 10.2. The van der Waals surface area contributed by atoms with Crippen LogP contribution in [0.4, 0.5) is 11.4 Å². The predicted octanol–water partition coefficient (Wildman–Crippen LogP) is 4.92. The molecule has 30 heavy (non-hydrogen) atoms. The van der Waals surface area contributed by atoms with Gasteiger partial charge in [0.1, 0.15) is 0 Å². The number of aryl methyl sites for hydroxylation is 1. The fourth-order valence-electron chi connectivity index (χ4n) is 3.18. The van der Waals surface area contributed by atoms with Crippen LogP contribution >= 0.6 is 11.8 Å². The number of para-hydroxylation sites is 1. The van der Waals surface area contributed by atoms with Crippen LogP contribution < -0.4 is 27.2 Å². The summed E-state index contributed by atoms with van der Waals surface area (Å²) >= 11 is 1.83. The Bertz CT molecular complexity index is 935. The molecule has 1 aliphatic rings. The zero-order valence-electron chi connectivity index (χ0n) is 17.7. The molecule has 158 valence electrons. The molecular weight excluding hydrogens is 390 g/mol. The topological polar surface area (TPSA) is 74.1 Å². The van der Waals surface area contributed by atoms with Gasteiger partial charge in [0.25, 0.3) is 0 Å². The third-order valence-electron chi connectivity index (χ3n) is 4.85. The second kappa shape index (κ2) is 10.8. The van der Waals surface area contributed by atoms with Crippen molar-refractivity contribution in [2.75, 3.05) is 17.3 Å². The van der Waals surface area contributed by atoms with Crippen molar-refractivity contribution in [1.29, 1.82) is 0 Å². The molecule has 1 unspecified atom stereocenters. The van der Waals surface area contributed by atoms with Gasteiger partial charge < -0.3 is 21.4 Å². The lowest BCUT2D eigenvalue weighted by Crippen LogP contribution is -2.25. The fourth-order valence-corrected chi connectivity index (χ4v) is 4.15. The number of hydrazine groups is 1. The first kappa shape index (κ1) is 21.9. The SMILES string of the molecule is C=C(NC1=CC(SCc2ccc(C)c(NN)c2)NC=C1)c1ccccc1NCCC. The standard InChI is InChI=1S/C24H31N5S/c1-4-12-26-22-8-6-5-7-21(22)18(3)28-20-11-13-27-24(15-20)30-16-19-10-9-17(2)23(14-19)29-25/h5-11,13-15,24,26-29H,3-4,12,16,25H2,1-2H3. The van der Waals surface area contributed by atoms with Crippen LogP contribution in [0.3, 0.4) is 0 Å². The molecule has 0 amide bonds. The normalized spacial score (nSPS) is 15.2. The van der Waals surface area contributed by atoms with Crippen molar-refractivity contribution in [1.82, 2.24) is 10.6 Å². The quantitative estimate of drug-likeness (QED) is 0.277. The molecule has 5 nitrogen and oxygen atoms in total. The lowest BCUT2D eigenvalue weighted by atomic mass is 10.1. The highest BCUT2D eigenvalue weighted by molar-refractivity contribution is 7.99. The van der Waals surface area contributed by atoms with Gasteiger partial charge in [-0.2, -0.15) is 0 Å². The highest BCUT2D eigenvalue weighted by Crippen LogP contribution is 2.25. The maximum absolute atomic E-state index is 5.60. The van der Waals surface area contributed by atoms with Crippen LogP contribution in [0.2, 0.25) is 0 Å². The van der Waals surface area contributed by atoms with Crippen LogP contribution in [0.1, 0.15) is 30.0 Å². The van der Waals surface area contributed by atoms with Crippen molar-refractivity contribution < 1.29 is 0 Å². The molecule has 0 fully saturated rings. The Morgan fingerprint density at radius 1 is 1.20 bits per heavy atom. The van der Waals surface area contributed by atoms with Crippen molar-refractivity contribution in [3.63, 3.8) is 0 Å². The molecule has 0 saturated carbocycles.